The molecule has 0 N–H and O–H groups in total. The average Bonchev–Trinajstić information content (AvgIpc) is 2.10. The van der Waals surface area contributed by atoms with Gasteiger partial charge in [0.05, 0.1) is 24.0 Å². The summed E-state index contributed by atoms with van der Waals surface area (Å²) < 4.78 is 10.2. The lowest BCUT2D eigenvalue weighted by molar-refractivity contribution is 0.339. The second-order valence-electron chi connectivity index (χ2n) is 2.33. The molecule has 1 rings (SSSR count). The van der Waals surface area contributed by atoms with Crippen molar-refractivity contribution in [3.05, 3.63) is 6.07 Å². The topological polar surface area (TPSA) is 18.5 Å². The number of hydrogen-bond acceptors (Lipinski definition) is 5. The van der Waals surface area contributed by atoms with Gasteiger partial charge in [-0.25, -0.2) is 0 Å². The lowest BCUT2D eigenvalue weighted by Gasteiger charge is -2.13. The summed E-state index contributed by atoms with van der Waals surface area (Å²) in [7, 11) is 3.11. The summed E-state index contributed by atoms with van der Waals surface area (Å²) in [4.78, 5) is 2.05. The van der Waals surface area contributed by atoms with Crippen molar-refractivity contribution < 1.29 is 9.47 Å². The van der Waals surface area contributed by atoms with Gasteiger partial charge in [-0.15, -0.1) is 37.9 Å². The molecule has 0 saturated carbocycles. The molecule has 0 radical (unpaired) electrons. The maximum atomic E-state index is 5.13. The molecule has 0 unspecified atom stereocenters. The minimum Gasteiger partial charge on any atom is -0.492 e. The molecule has 5 heteroatoms. The van der Waals surface area contributed by atoms with Crippen molar-refractivity contribution in [3.63, 3.8) is 0 Å². The Kier molecular flexibility index (Phi) is 3.70. The lowest BCUT2D eigenvalue weighted by atomic mass is 10.3. The van der Waals surface area contributed by atoms with Crippen LogP contribution in [0.1, 0.15) is 0 Å². The van der Waals surface area contributed by atoms with Crippen molar-refractivity contribution in [1.29, 1.82) is 0 Å². The Labute approximate surface area is 93.9 Å². The van der Waals surface area contributed by atoms with Crippen LogP contribution in [0.2, 0.25) is 0 Å². The molecule has 0 atom stereocenters. The smallest absolute Gasteiger partial charge is 0.176 e. The van der Waals surface area contributed by atoms with Crippen LogP contribution in [0.5, 0.6) is 11.5 Å². The molecule has 0 aliphatic rings. The first kappa shape index (κ1) is 10.9. The molecule has 0 aromatic heterocycles. The normalized spacial score (nSPS) is 9.92. The van der Waals surface area contributed by atoms with E-state index in [4.69, 9.17) is 9.47 Å². The third-order valence-corrected chi connectivity index (χ3v) is 2.88. The largest absolute Gasteiger partial charge is 0.492 e. The highest BCUT2D eigenvalue weighted by atomic mass is 32.1. The predicted octanol–water partition coefficient (Wildman–Crippen LogP) is 2.57. The summed E-state index contributed by atoms with van der Waals surface area (Å²) in [5, 5.41) is 0. The Morgan fingerprint density at radius 2 is 1.46 bits per heavy atom. The number of thiol groups is 3. The van der Waals surface area contributed by atoms with Crippen molar-refractivity contribution in [2.24, 2.45) is 0 Å². The Balaban J connectivity index is 3.41. The second-order valence-corrected chi connectivity index (χ2v) is 3.74. The van der Waals surface area contributed by atoms with Crippen LogP contribution in [0.4, 0.5) is 0 Å². The second kappa shape index (κ2) is 4.39. The molecule has 1 aromatic rings. The molecular formula is C8H10O2S3. The predicted molar refractivity (Wildman–Crippen MR) is 61.3 cm³/mol. The fraction of sp³-hybridized carbons (Fsp3) is 0.250. The first-order valence-electron chi connectivity index (χ1n) is 3.47. The Bertz CT molecular complexity index is 326. The maximum Gasteiger partial charge on any atom is 0.176 e. The van der Waals surface area contributed by atoms with Crippen LogP contribution in [0.25, 0.3) is 0 Å². The third-order valence-electron chi connectivity index (χ3n) is 1.58. The van der Waals surface area contributed by atoms with Crippen LogP contribution in [-0.2, 0) is 0 Å². The van der Waals surface area contributed by atoms with E-state index in [9.17, 15) is 0 Å². The Hall–Kier alpha value is -0.130. The number of methoxy groups -OCH3 is 2. The van der Waals surface area contributed by atoms with E-state index in [1.54, 1.807) is 20.3 Å². The molecule has 0 saturated heterocycles. The summed E-state index contributed by atoms with van der Waals surface area (Å²) >= 11 is 12.7. The van der Waals surface area contributed by atoms with Gasteiger partial charge in [0.2, 0.25) is 0 Å². The lowest BCUT2D eigenvalue weighted by Crippen LogP contribution is -1.93. The van der Waals surface area contributed by atoms with Gasteiger partial charge in [-0.2, -0.15) is 0 Å². The van der Waals surface area contributed by atoms with Crippen LogP contribution in [0, 0.1) is 0 Å². The molecule has 2 nitrogen and oxygen atoms in total. The highest BCUT2D eigenvalue weighted by Gasteiger charge is 2.13. The molecule has 13 heavy (non-hydrogen) atoms. The molecule has 0 spiro atoms. The van der Waals surface area contributed by atoms with E-state index < -0.39 is 0 Å². The third kappa shape index (κ3) is 2.03. The van der Waals surface area contributed by atoms with E-state index in [0.717, 1.165) is 0 Å². The molecular weight excluding hydrogens is 224 g/mol. The zero-order valence-electron chi connectivity index (χ0n) is 7.24. The van der Waals surface area contributed by atoms with Crippen molar-refractivity contribution in [2.45, 2.75) is 14.7 Å². The number of ether oxygens (including phenoxy) is 2. The molecule has 1 aromatic carbocycles. The average molecular weight is 234 g/mol. The van der Waals surface area contributed by atoms with Crippen LogP contribution >= 0.6 is 37.9 Å². The fourth-order valence-electron chi connectivity index (χ4n) is 0.990. The summed E-state index contributed by atoms with van der Waals surface area (Å²) in [6, 6.07) is 1.76. The molecule has 0 heterocycles. The number of rotatable bonds is 2. The van der Waals surface area contributed by atoms with Crippen molar-refractivity contribution in [3.8, 4) is 11.5 Å². The molecule has 0 amide bonds. The Morgan fingerprint density at radius 1 is 0.923 bits per heavy atom. The van der Waals surface area contributed by atoms with Crippen LogP contribution in [-0.4, -0.2) is 14.2 Å². The van der Waals surface area contributed by atoms with E-state index in [0.29, 0.717) is 26.2 Å². The first-order chi connectivity index (χ1) is 6.11. The van der Waals surface area contributed by atoms with Gasteiger partial charge in [-0.3, -0.25) is 0 Å². The van der Waals surface area contributed by atoms with Gasteiger partial charge in [-0.05, 0) is 6.07 Å². The SMILES string of the molecule is COc1c(S)cc(S)c(S)c1OC. The minimum absolute atomic E-state index is 0.559. The quantitative estimate of drug-likeness (QED) is 0.683. The van der Waals surface area contributed by atoms with Crippen LogP contribution < -0.4 is 9.47 Å². The van der Waals surface area contributed by atoms with Gasteiger partial charge in [0, 0.05) is 4.90 Å². The molecule has 0 aliphatic heterocycles. The zero-order chi connectivity index (χ0) is 10.0. The van der Waals surface area contributed by atoms with E-state index in [1.165, 1.54) is 0 Å². The van der Waals surface area contributed by atoms with Crippen molar-refractivity contribution in [2.75, 3.05) is 14.2 Å². The fourth-order valence-corrected chi connectivity index (χ4v) is 1.90. The maximum absolute atomic E-state index is 5.13. The first-order valence-corrected chi connectivity index (χ1v) is 4.81. The van der Waals surface area contributed by atoms with Gasteiger partial charge in [0.15, 0.2) is 11.5 Å². The number of benzene rings is 1. The van der Waals surface area contributed by atoms with Crippen molar-refractivity contribution in [1.82, 2.24) is 0 Å². The van der Waals surface area contributed by atoms with Crippen LogP contribution in [0.3, 0.4) is 0 Å². The van der Waals surface area contributed by atoms with E-state index >= 15 is 0 Å². The molecule has 0 aliphatic carbocycles. The summed E-state index contributed by atoms with van der Waals surface area (Å²) in [6.07, 6.45) is 0. The monoisotopic (exact) mass is 234 g/mol. The highest BCUT2D eigenvalue weighted by molar-refractivity contribution is 7.83. The van der Waals surface area contributed by atoms with E-state index in [2.05, 4.69) is 37.9 Å². The van der Waals surface area contributed by atoms with Gasteiger partial charge in [-0.1, -0.05) is 0 Å². The van der Waals surface area contributed by atoms with Gasteiger partial charge < -0.3 is 9.47 Å². The van der Waals surface area contributed by atoms with Crippen molar-refractivity contribution >= 4 is 37.9 Å². The summed E-state index contributed by atoms with van der Waals surface area (Å²) in [5.41, 5.74) is 0. The van der Waals surface area contributed by atoms with Gasteiger partial charge in [0.1, 0.15) is 0 Å². The molecule has 0 bridgehead atoms. The van der Waals surface area contributed by atoms with Gasteiger partial charge >= 0.3 is 0 Å². The molecule has 0 fully saturated rings. The zero-order valence-corrected chi connectivity index (χ0v) is 9.92. The number of hydrogen-bond donors (Lipinski definition) is 3. The molecule has 72 valence electrons. The standard InChI is InChI=1S/C8H10O2S3/c1-9-6-4(11)3-5(12)8(13)7(6)10-2/h3,11-13H,1-2H3. The minimum atomic E-state index is 0.559. The summed E-state index contributed by atoms with van der Waals surface area (Å²) in [6.45, 7) is 0. The summed E-state index contributed by atoms with van der Waals surface area (Å²) in [5.74, 6) is 1.14. The van der Waals surface area contributed by atoms with Crippen LogP contribution in [0.15, 0.2) is 20.8 Å². The Morgan fingerprint density at radius 3 is 1.92 bits per heavy atom. The van der Waals surface area contributed by atoms with E-state index in [-0.39, 0.29) is 0 Å². The van der Waals surface area contributed by atoms with Gasteiger partial charge in [0.25, 0.3) is 0 Å². The van der Waals surface area contributed by atoms with E-state index in [1.807, 2.05) is 0 Å². The highest BCUT2D eigenvalue weighted by Crippen LogP contribution is 2.42.